The number of nitrogens with one attached hydrogen (secondary N) is 2. The zero-order valence-corrected chi connectivity index (χ0v) is 14.6. The fourth-order valence-corrected chi connectivity index (χ4v) is 2.59. The molecule has 0 fully saturated rings. The van der Waals surface area contributed by atoms with Crippen LogP contribution in [0.4, 0.5) is 18.0 Å². The molecule has 0 radical (unpaired) electrons. The highest BCUT2D eigenvalue weighted by atomic mass is 19.4. The Morgan fingerprint density at radius 3 is 2.32 bits per heavy atom. The molecule has 5 nitrogen and oxygen atoms in total. The molecule has 1 unspecified atom stereocenters. The molecule has 0 saturated heterocycles. The van der Waals surface area contributed by atoms with Gasteiger partial charge in [-0.05, 0) is 35.4 Å². The van der Waals surface area contributed by atoms with E-state index in [2.05, 4.69) is 15.4 Å². The number of alkyl halides is 3. The lowest BCUT2D eigenvalue weighted by Gasteiger charge is -2.18. The van der Waals surface area contributed by atoms with Crippen molar-refractivity contribution < 1.29 is 27.1 Å². The van der Waals surface area contributed by atoms with Crippen molar-refractivity contribution in [2.75, 3.05) is 0 Å². The SMILES string of the molecule is O=C(NCc1ccc(OC(F)(F)F)cc1)NC(c1ccccc1)c1ccco1. The van der Waals surface area contributed by atoms with Crippen molar-refractivity contribution in [3.05, 3.63) is 89.9 Å². The Kier molecular flexibility index (Phi) is 5.88. The molecule has 2 aromatic carbocycles. The summed E-state index contributed by atoms with van der Waals surface area (Å²) in [5, 5.41) is 5.51. The molecule has 0 spiro atoms. The minimum absolute atomic E-state index is 0.137. The van der Waals surface area contributed by atoms with Gasteiger partial charge in [0, 0.05) is 6.54 Å². The van der Waals surface area contributed by atoms with Crippen LogP contribution in [0.15, 0.2) is 77.4 Å². The molecule has 8 heteroatoms. The maximum absolute atomic E-state index is 12.3. The minimum Gasteiger partial charge on any atom is -0.467 e. The number of ether oxygens (including phenoxy) is 1. The van der Waals surface area contributed by atoms with Gasteiger partial charge >= 0.3 is 12.4 Å². The van der Waals surface area contributed by atoms with E-state index >= 15 is 0 Å². The molecule has 0 bridgehead atoms. The van der Waals surface area contributed by atoms with Crippen molar-refractivity contribution in [1.29, 1.82) is 0 Å². The maximum Gasteiger partial charge on any atom is 0.573 e. The monoisotopic (exact) mass is 390 g/mol. The van der Waals surface area contributed by atoms with Crippen LogP contribution >= 0.6 is 0 Å². The van der Waals surface area contributed by atoms with E-state index in [-0.39, 0.29) is 12.3 Å². The molecular formula is C20H17F3N2O3. The standard InChI is InChI=1S/C20H17F3N2O3/c21-20(22,23)28-16-10-8-14(9-11-16)13-24-19(26)25-18(17-7-4-12-27-17)15-5-2-1-3-6-15/h1-12,18H,13H2,(H2,24,25,26). The molecule has 1 aromatic heterocycles. The predicted octanol–water partition coefficient (Wildman–Crippen LogP) is 4.77. The highest BCUT2D eigenvalue weighted by molar-refractivity contribution is 5.74. The average molecular weight is 390 g/mol. The van der Waals surface area contributed by atoms with Gasteiger partial charge in [0.15, 0.2) is 0 Å². The molecule has 3 rings (SSSR count). The van der Waals surface area contributed by atoms with Crippen LogP contribution < -0.4 is 15.4 Å². The van der Waals surface area contributed by atoms with Gasteiger partial charge in [-0.3, -0.25) is 0 Å². The lowest BCUT2D eigenvalue weighted by Crippen LogP contribution is -2.37. The van der Waals surface area contributed by atoms with E-state index in [1.165, 1.54) is 30.5 Å². The first kappa shape index (κ1) is 19.3. The van der Waals surface area contributed by atoms with Crippen LogP contribution in [0.25, 0.3) is 0 Å². The third-order valence-corrected chi connectivity index (χ3v) is 3.85. The van der Waals surface area contributed by atoms with E-state index in [1.54, 1.807) is 12.1 Å². The summed E-state index contributed by atoms with van der Waals surface area (Å²) < 4.78 is 45.8. The molecule has 1 heterocycles. The fraction of sp³-hybridized carbons (Fsp3) is 0.150. The highest BCUT2D eigenvalue weighted by Crippen LogP contribution is 2.23. The Morgan fingerprint density at radius 2 is 1.71 bits per heavy atom. The third kappa shape index (κ3) is 5.54. The molecule has 0 aliphatic carbocycles. The Balaban J connectivity index is 1.59. The van der Waals surface area contributed by atoms with Crippen molar-refractivity contribution in [2.24, 2.45) is 0 Å². The maximum atomic E-state index is 12.3. The van der Waals surface area contributed by atoms with Crippen LogP contribution in [0.1, 0.15) is 22.9 Å². The average Bonchev–Trinajstić information content (AvgIpc) is 3.19. The van der Waals surface area contributed by atoms with E-state index in [1.807, 2.05) is 30.3 Å². The smallest absolute Gasteiger partial charge is 0.467 e. The lowest BCUT2D eigenvalue weighted by molar-refractivity contribution is -0.274. The van der Waals surface area contributed by atoms with Gasteiger partial charge in [0.2, 0.25) is 0 Å². The number of carbonyl (C=O) groups excluding carboxylic acids is 1. The minimum atomic E-state index is -4.74. The first-order valence-electron chi connectivity index (χ1n) is 8.38. The molecule has 0 aliphatic heterocycles. The van der Waals surface area contributed by atoms with Crippen molar-refractivity contribution in [1.82, 2.24) is 10.6 Å². The Labute approximate surface area is 159 Å². The summed E-state index contributed by atoms with van der Waals surface area (Å²) in [6.45, 7) is 0.137. The Hall–Kier alpha value is -3.42. The number of carbonyl (C=O) groups is 1. The second-order valence-corrected chi connectivity index (χ2v) is 5.88. The van der Waals surface area contributed by atoms with Gasteiger partial charge in [-0.15, -0.1) is 13.2 Å². The predicted molar refractivity (Wildman–Crippen MR) is 95.5 cm³/mol. The van der Waals surface area contributed by atoms with Gasteiger partial charge in [-0.1, -0.05) is 42.5 Å². The van der Waals surface area contributed by atoms with Crippen LogP contribution in [-0.2, 0) is 6.54 Å². The summed E-state index contributed by atoms with van der Waals surface area (Å²) in [5.74, 6) is 0.262. The lowest BCUT2D eigenvalue weighted by atomic mass is 10.1. The molecule has 0 aliphatic rings. The summed E-state index contributed by atoms with van der Waals surface area (Å²) in [7, 11) is 0. The van der Waals surface area contributed by atoms with Gasteiger partial charge < -0.3 is 19.8 Å². The van der Waals surface area contributed by atoms with Crippen molar-refractivity contribution in [2.45, 2.75) is 18.9 Å². The largest absolute Gasteiger partial charge is 0.573 e. The number of hydrogen-bond donors (Lipinski definition) is 2. The number of benzene rings is 2. The third-order valence-electron chi connectivity index (χ3n) is 3.85. The summed E-state index contributed by atoms with van der Waals surface area (Å²) in [4.78, 5) is 12.3. The molecule has 2 amide bonds. The summed E-state index contributed by atoms with van der Waals surface area (Å²) in [6, 6.07) is 17.2. The van der Waals surface area contributed by atoms with E-state index in [0.717, 1.165) is 5.56 Å². The number of urea groups is 1. The summed E-state index contributed by atoms with van der Waals surface area (Å²) in [5.41, 5.74) is 1.47. The first-order chi connectivity index (χ1) is 13.4. The summed E-state index contributed by atoms with van der Waals surface area (Å²) in [6.07, 6.45) is -3.21. The molecule has 28 heavy (non-hydrogen) atoms. The molecule has 0 saturated carbocycles. The van der Waals surface area contributed by atoms with Crippen LogP contribution in [0.3, 0.4) is 0 Å². The fourth-order valence-electron chi connectivity index (χ4n) is 2.59. The van der Waals surface area contributed by atoms with E-state index in [0.29, 0.717) is 11.3 Å². The number of amides is 2. The van der Waals surface area contributed by atoms with Gasteiger partial charge in [0.05, 0.1) is 6.26 Å². The molecule has 146 valence electrons. The highest BCUT2D eigenvalue weighted by Gasteiger charge is 2.30. The van der Waals surface area contributed by atoms with Crippen molar-refractivity contribution in [3.8, 4) is 5.75 Å². The molecule has 2 N–H and O–H groups in total. The molecule has 3 aromatic rings. The van der Waals surface area contributed by atoms with Gasteiger partial charge in [-0.2, -0.15) is 0 Å². The van der Waals surface area contributed by atoms with E-state index in [9.17, 15) is 18.0 Å². The van der Waals surface area contributed by atoms with Crippen LogP contribution in [0, 0.1) is 0 Å². The first-order valence-corrected chi connectivity index (χ1v) is 8.38. The second-order valence-electron chi connectivity index (χ2n) is 5.88. The van der Waals surface area contributed by atoms with Gasteiger partial charge in [0.1, 0.15) is 17.6 Å². The number of rotatable bonds is 6. The number of hydrogen-bond acceptors (Lipinski definition) is 3. The zero-order chi connectivity index (χ0) is 20.0. The summed E-state index contributed by atoms with van der Waals surface area (Å²) >= 11 is 0. The van der Waals surface area contributed by atoms with Gasteiger partial charge in [0.25, 0.3) is 0 Å². The second kappa shape index (κ2) is 8.51. The number of furan rings is 1. The zero-order valence-electron chi connectivity index (χ0n) is 14.6. The Bertz CT molecular complexity index is 879. The van der Waals surface area contributed by atoms with Crippen molar-refractivity contribution >= 4 is 6.03 Å². The van der Waals surface area contributed by atoms with E-state index in [4.69, 9.17) is 4.42 Å². The number of halogens is 3. The normalized spacial score (nSPS) is 12.2. The quantitative estimate of drug-likeness (QED) is 0.638. The van der Waals surface area contributed by atoms with Crippen LogP contribution in [-0.4, -0.2) is 12.4 Å². The van der Waals surface area contributed by atoms with Crippen LogP contribution in [0.2, 0.25) is 0 Å². The molecule has 1 atom stereocenters. The molecular weight excluding hydrogens is 373 g/mol. The van der Waals surface area contributed by atoms with E-state index < -0.39 is 18.4 Å². The van der Waals surface area contributed by atoms with Gasteiger partial charge in [-0.25, -0.2) is 4.79 Å². The van der Waals surface area contributed by atoms with Crippen LogP contribution in [0.5, 0.6) is 5.75 Å². The topological polar surface area (TPSA) is 63.5 Å². The van der Waals surface area contributed by atoms with Crippen molar-refractivity contribution in [3.63, 3.8) is 0 Å². The Morgan fingerprint density at radius 1 is 1.00 bits per heavy atom.